The van der Waals surface area contributed by atoms with Gasteiger partial charge in [-0.2, -0.15) is 0 Å². The maximum Gasteiger partial charge on any atom is 0.312 e. The molecule has 2 saturated heterocycles. The molecular formula is C17H25N3O4S. The van der Waals surface area contributed by atoms with Crippen LogP contribution in [0.1, 0.15) is 17.8 Å². The summed E-state index contributed by atoms with van der Waals surface area (Å²) in [5.74, 6) is -1.01. The summed E-state index contributed by atoms with van der Waals surface area (Å²) in [5.41, 5.74) is 0. The van der Waals surface area contributed by atoms with Gasteiger partial charge in [-0.1, -0.05) is 6.07 Å². The molecule has 8 heteroatoms. The Morgan fingerprint density at radius 1 is 1.12 bits per heavy atom. The Bertz CT molecular complexity index is 568. The van der Waals surface area contributed by atoms with Crippen LogP contribution in [0.4, 0.5) is 0 Å². The lowest BCUT2D eigenvalue weighted by atomic mass is 10.1. The smallest absolute Gasteiger partial charge is 0.312 e. The molecule has 2 amide bonds. The molecule has 2 atom stereocenters. The lowest BCUT2D eigenvalue weighted by Crippen LogP contribution is -2.53. The topological polar surface area (TPSA) is 71.1 Å². The highest BCUT2D eigenvalue weighted by molar-refractivity contribution is 7.10. The highest BCUT2D eigenvalue weighted by Crippen LogP contribution is 2.29. The SMILES string of the molecule is C[C@H](NC(=O)C(=O)N1CCOCC1)[C@@H](c1cccs1)N1CCOCC1. The van der Waals surface area contributed by atoms with Crippen molar-refractivity contribution in [2.75, 3.05) is 52.6 Å². The largest absolute Gasteiger partial charge is 0.379 e. The van der Waals surface area contributed by atoms with Gasteiger partial charge in [0.2, 0.25) is 0 Å². The average molecular weight is 367 g/mol. The van der Waals surface area contributed by atoms with E-state index in [0.29, 0.717) is 39.5 Å². The fourth-order valence-corrected chi connectivity index (χ4v) is 4.28. The van der Waals surface area contributed by atoms with Crippen molar-refractivity contribution in [3.8, 4) is 0 Å². The van der Waals surface area contributed by atoms with E-state index in [0.717, 1.165) is 13.1 Å². The van der Waals surface area contributed by atoms with Gasteiger partial charge in [-0.3, -0.25) is 14.5 Å². The van der Waals surface area contributed by atoms with E-state index in [4.69, 9.17) is 9.47 Å². The van der Waals surface area contributed by atoms with E-state index in [1.807, 2.05) is 18.4 Å². The van der Waals surface area contributed by atoms with E-state index in [-0.39, 0.29) is 12.1 Å². The maximum atomic E-state index is 12.4. The van der Waals surface area contributed by atoms with Crippen LogP contribution in [0.15, 0.2) is 17.5 Å². The van der Waals surface area contributed by atoms with Crippen LogP contribution in [-0.2, 0) is 19.1 Å². The van der Waals surface area contributed by atoms with E-state index >= 15 is 0 Å². The zero-order valence-corrected chi connectivity index (χ0v) is 15.3. The van der Waals surface area contributed by atoms with Gasteiger partial charge in [-0.05, 0) is 18.4 Å². The van der Waals surface area contributed by atoms with Crippen molar-refractivity contribution in [1.29, 1.82) is 0 Å². The minimum absolute atomic E-state index is 0.0466. The van der Waals surface area contributed by atoms with Crippen LogP contribution >= 0.6 is 11.3 Å². The second-order valence-corrected chi connectivity index (χ2v) is 7.25. The van der Waals surface area contributed by atoms with Gasteiger partial charge in [0, 0.05) is 37.1 Å². The third-order valence-corrected chi connectivity index (χ3v) is 5.54. The first-order valence-electron chi connectivity index (χ1n) is 8.69. The standard InChI is InChI=1S/C17H25N3O4S/c1-13(18-16(21)17(22)20-6-10-24-11-7-20)15(14-3-2-12-25-14)19-4-8-23-9-5-19/h2-3,12-13,15H,4-11H2,1H3,(H,18,21)/t13-,15-/m0/s1. The van der Waals surface area contributed by atoms with E-state index in [1.165, 1.54) is 4.88 Å². The number of hydrogen-bond donors (Lipinski definition) is 1. The summed E-state index contributed by atoms with van der Waals surface area (Å²) in [7, 11) is 0. The summed E-state index contributed by atoms with van der Waals surface area (Å²) in [6, 6.07) is 3.97. The molecule has 7 nitrogen and oxygen atoms in total. The quantitative estimate of drug-likeness (QED) is 0.784. The fraction of sp³-hybridized carbons (Fsp3) is 0.647. The Morgan fingerprint density at radius 3 is 2.36 bits per heavy atom. The fourth-order valence-electron chi connectivity index (χ4n) is 3.32. The first-order chi connectivity index (χ1) is 12.2. The van der Waals surface area contributed by atoms with Crippen LogP contribution in [0, 0.1) is 0 Å². The number of nitrogens with zero attached hydrogens (tertiary/aromatic N) is 2. The molecule has 0 radical (unpaired) electrons. The Labute approximate surface area is 151 Å². The molecule has 2 aliphatic rings. The summed E-state index contributed by atoms with van der Waals surface area (Å²) in [6.07, 6.45) is 0. The first kappa shape index (κ1) is 18.3. The van der Waals surface area contributed by atoms with Crippen molar-refractivity contribution >= 4 is 23.2 Å². The molecule has 138 valence electrons. The molecule has 0 unspecified atom stereocenters. The Balaban J connectivity index is 1.66. The van der Waals surface area contributed by atoms with E-state index in [1.54, 1.807) is 16.2 Å². The zero-order valence-electron chi connectivity index (χ0n) is 14.5. The summed E-state index contributed by atoms with van der Waals surface area (Å²) < 4.78 is 10.7. The van der Waals surface area contributed by atoms with Gasteiger partial charge < -0.3 is 19.7 Å². The molecule has 0 saturated carbocycles. The molecule has 1 aromatic heterocycles. The number of carbonyl (C=O) groups is 2. The predicted molar refractivity (Wildman–Crippen MR) is 94.5 cm³/mol. The average Bonchev–Trinajstić information content (AvgIpc) is 3.17. The Kier molecular flexibility index (Phi) is 6.41. The van der Waals surface area contributed by atoms with Crippen molar-refractivity contribution in [2.24, 2.45) is 0 Å². The molecule has 1 aromatic rings. The third-order valence-electron chi connectivity index (χ3n) is 4.60. The van der Waals surface area contributed by atoms with Crippen molar-refractivity contribution in [2.45, 2.75) is 19.0 Å². The maximum absolute atomic E-state index is 12.4. The highest BCUT2D eigenvalue weighted by atomic mass is 32.1. The molecule has 0 aliphatic carbocycles. The van der Waals surface area contributed by atoms with Crippen molar-refractivity contribution in [3.05, 3.63) is 22.4 Å². The summed E-state index contributed by atoms with van der Waals surface area (Å²) >= 11 is 1.67. The number of amides is 2. The molecule has 2 aliphatic heterocycles. The van der Waals surface area contributed by atoms with Gasteiger partial charge in [0.05, 0.1) is 32.5 Å². The van der Waals surface area contributed by atoms with Crippen molar-refractivity contribution in [3.63, 3.8) is 0 Å². The summed E-state index contributed by atoms with van der Waals surface area (Å²) in [6.45, 7) is 6.90. The monoisotopic (exact) mass is 367 g/mol. The molecule has 0 spiro atoms. The van der Waals surface area contributed by atoms with Crippen LogP contribution in [-0.4, -0.2) is 80.3 Å². The van der Waals surface area contributed by atoms with E-state index < -0.39 is 11.8 Å². The molecule has 25 heavy (non-hydrogen) atoms. The van der Waals surface area contributed by atoms with E-state index in [2.05, 4.69) is 16.3 Å². The van der Waals surface area contributed by atoms with Gasteiger partial charge >= 0.3 is 11.8 Å². The Hall–Kier alpha value is -1.48. The van der Waals surface area contributed by atoms with Gasteiger partial charge in [-0.15, -0.1) is 11.3 Å². The molecular weight excluding hydrogens is 342 g/mol. The summed E-state index contributed by atoms with van der Waals surface area (Å²) in [4.78, 5) is 29.8. The minimum Gasteiger partial charge on any atom is -0.379 e. The van der Waals surface area contributed by atoms with Gasteiger partial charge in [0.25, 0.3) is 0 Å². The van der Waals surface area contributed by atoms with Crippen LogP contribution < -0.4 is 5.32 Å². The van der Waals surface area contributed by atoms with Gasteiger partial charge in [0.1, 0.15) is 0 Å². The molecule has 0 bridgehead atoms. The van der Waals surface area contributed by atoms with Crippen molar-refractivity contribution < 1.29 is 19.1 Å². The van der Waals surface area contributed by atoms with Crippen LogP contribution in [0.25, 0.3) is 0 Å². The van der Waals surface area contributed by atoms with E-state index in [9.17, 15) is 9.59 Å². The zero-order chi connectivity index (χ0) is 17.6. The number of nitrogens with one attached hydrogen (secondary N) is 1. The first-order valence-corrected chi connectivity index (χ1v) is 9.57. The molecule has 3 heterocycles. The Morgan fingerprint density at radius 2 is 1.76 bits per heavy atom. The van der Waals surface area contributed by atoms with Gasteiger partial charge in [0.15, 0.2) is 0 Å². The highest BCUT2D eigenvalue weighted by Gasteiger charge is 2.32. The van der Waals surface area contributed by atoms with Crippen LogP contribution in [0.3, 0.4) is 0 Å². The number of ether oxygens (including phenoxy) is 2. The molecule has 0 aromatic carbocycles. The summed E-state index contributed by atoms with van der Waals surface area (Å²) in [5, 5.41) is 4.95. The number of rotatable bonds is 4. The second kappa shape index (κ2) is 8.75. The number of hydrogen-bond acceptors (Lipinski definition) is 6. The van der Waals surface area contributed by atoms with Crippen LogP contribution in [0.5, 0.6) is 0 Å². The molecule has 1 N–H and O–H groups in total. The number of carbonyl (C=O) groups excluding carboxylic acids is 2. The second-order valence-electron chi connectivity index (χ2n) is 6.28. The van der Waals surface area contributed by atoms with Crippen molar-refractivity contribution in [1.82, 2.24) is 15.1 Å². The lowest BCUT2D eigenvalue weighted by Gasteiger charge is -2.37. The predicted octanol–water partition coefficient (Wildman–Crippen LogP) is 0.485. The van der Waals surface area contributed by atoms with Gasteiger partial charge in [-0.25, -0.2) is 0 Å². The third kappa shape index (κ3) is 4.58. The molecule has 2 fully saturated rings. The number of thiophene rings is 1. The minimum atomic E-state index is -0.538. The van der Waals surface area contributed by atoms with Crippen LogP contribution in [0.2, 0.25) is 0 Å². The number of morpholine rings is 2. The normalized spacial score (nSPS) is 21.6. The lowest BCUT2D eigenvalue weighted by molar-refractivity contribution is -0.149. The molecule has 3 rings (SSSR count).